The largest absolute Gasteiger partial charge is 0.329 e. The lowest BCUT2D eigenvalue weighted by atomic mass is 10.0. The zero-order valence-electron chi connectivity index (χ0n) is 17.1. The van der Waals surface area contributed by atoms with Gasteiger partial charge in [-0.2, -0.15) is 0 Å². The fourth-order valence-electron chi connectivity index (χ4n) is 4.30. The molecule has 0 saturated carbocycles. The van der Waals surface area contributed by atoms with E-state index < -0.39 is 0 Å². The number of hydrogen-bond acceptors (Lipinski definition) is 5. The van der Waals surface area contributed by atoms with Crippen LogP contribution in [0.5, 0.6) is 0 Å². The Hall–Kier alpha value is -1.24. The van der Waals surface area contributed by atoms with Gasteiger partial charge in [0.05, 0.1) is 6.04 Å². The van der Waals surface area contributed by atoms with Gasteiger partial charge in [-0.05, 0) is 48.3 Å². The Morgan fingerprint density at radius 2 is 2.07 bits per heavy atom. The molecule has 0 amide bonds. The Morgan fingerprint density at radius 3 is 2.78 bits per heavy atom. The van der Waals surface area contributed by atoms with Crippen LogP contribution >= 0.6 is 15.9 Å². The number of hydrogen-bond donors (Lipinski definition) is 0. The first-order valence-corrected chi connectivity index (χ1v) is 10.9. The molecular weight excluding hydrogens is 402 g/mol. The predicted molar refractivity (Wildman–Crippen MR) is 117 cm³/mol. The second kappa shape index (κ2) is 8.84. The van der Waals surface area contributed by atoms with E-state index in [1.807, 2.05) is 6.20 Å². The molecule has 2 atom stereocenters. The van der Waals surface area contributed by atoms with E-state index in [1.165, 1.54) is 0 Å². The van der Waals surface area contributed by atoms with E-state index in [1.54, 1.807) is 0 Å². The molecule has 27 heavy (non-hydrogen) atoms. The normalized spacial score (nSPS) is 23.0. The lowest BCUT2D eigenvalue weighted by molar-refractivity contribution is 0.215. The maximum Gasteiger partial charge on any atom is 0.163 e. The molecule has 1 fully saturated rings. The van der Waals surface area contributed by atoms with Crippen molar-refractivity contribution in [1.82, 2.24) is 19.7 Å². The highest BCUT2D eigenvalue weighted by molar-refractivity contribution is 9.10. The second-order valence-corrected chi connectivity index (χ2v) is 8.77. The Kier molecular flexibility index (Phi) is 6.71. The summed E-state index contributed by atoms with van der Waals surface area (Å²) in [6.07, 6.45) is 4.06. The molecule has 1 aromatic rings. The summed E-state index contributed by atoms with van der Waals surface area (Å²) >= 11 is 3.53. The average molecular weight is 434 g/mol. The SMILES string of the molecule is C=C1c2cc(Br)cnc2N=C([C@H](CCC)N2CCN(C)C[C@@H](C)C2)N1CC. The van der Waals surface area contributed by atoms with E-state index in [0.717, 1.165) is 73.0 Å². The molecule has 2 aliphatic rings. The van der Waals surface area contributed by atoms with Crippen LogP contribution in [-0.2, 0) is 0 Å². The maximum absolute atomic E-state index is 5.05. The number of likely N-dealkylation sites (N-methyl/N-ethyl adjacent to an activating group) is 2. The average Bonchev–Trinajstić information content (AvgIpc) is 2.80. The number of amidine groups is 1. The first-order chi connectivity index (χ1) is 12.9. The molecule has 0 unspecified atom stereocenters. The molecular formula is C21H32BrN5. The third-order valence-corrected chi connectivity index (χ3v) is 5.96. The molecule has 1 aromatic heterocycles. The molecule has 0 spiro atoms. The van der Waals surface area contributed by atoms with Crippen LogP contribution in [0.3, 0.4) is 0 Å². The van der Waals surface area contributed by atoms with Gasteiger partial charge in [-0.25, -0.2) is 9.98 Å². The van der Waals surface area contributed by atoms with E-state index in [9.17, 15) is 0 Å². The number of aromatic nitrogens is 1. The Balaban J connectivity index is 2.00. The molecule has 0 N–H and O–H groups in total. The fourth-order valence-corrected chi connectivity index (χ4v) is 4.63. The first-order valence-electron chi connectivity index (χ1n) is 10.1. The number of rotatable bonds is 5. The first kappa shape index (κ1) is 20.5. The van der Waals surface area contributed by atoms with E-state index in [4.69, 9.17) is 4.99 Å². The highest BCUT2D eigenvalue weighted by atomic mass is 79.9. The summed E-state index contributed by atoms with van der Waals surface area (Å²) in [5, 5.41) is 0. The van der Waals surface area contributed by atoms with Gasteiger partial charge in [-0.3, -0.25) is 4.90 Å². The van der Waals surface area contributed by atoms with Gasteiger partial charge < -0.3 is 9.80 Å². The van der Waals surface area contributed by atoms with Crippen LogP contribution in [-0.4, -0.2) is 71.3 Å². The summed E-state index contributed by atoms with van der Waals surface area (Å²) in [4.78, 5) is 17.0. The quantitative estimate of drug-likeness (QED) is 0.695. The molecule has 3 rings (SSSR count). The molecule has 3 heterocycles. The highest BCUT2D eigenvalue weighted by Crippen LogP contribution is 2.35. The van der Waals surface area contributed by atoms with Gasteiger partial charge in [0.2, 0.25) is 0 Å². The summed E-state index contributed by atoms with van der Waals surface area (Å²) in [7, 11) is 2.23. The minimum Gasteiger partial charge on any atom is -0.329 e. The molecule has 5 nitrogen and oxygen atoms in total. The molecule has 0 bridgehead atoms. The van der Waals surface area contributed by atoms with E-state index in [2.05, 4.69) is 76.1 Å². The smallest absolute Gasteiger partial charge is 0.163 e. The van der Waals surface area contributed by atoms with Crippen molar-refractivity contribution in [2.75, 3.05) is 39.8 Å². The summed E-state index contributed by atoms with van der Waals surface area (Å²) in [5.41, 5.74) is 2.03. The minimum absolute atomic E-state index is 0.305. The molecule has 0 radical (unpaired) electrons. The molecule has 148 valence electrons. The van der Waals surface area contributed by atoms with Crippen LogP contribution in [0.4, 0.5) is 5.82 Å². The van der Waals surface area contributed by atoms with Crippen molar-refractivity contribution in [3.8, 4) is 0 Å². The Labute approximate surface area is 172 Å². The van der Waals surface area contributed by atoms with Crippen LogP contribution in [0, 0.1) is 5.92 Å². The van der Waals surface area contributed by atoms with Gasteiger partial charge in [0.25, 0.3) is 0 Å². The second-order valence-electron chi connectivity index (χ2n) is 7.85. The summed E-state index contributed by atoms with van der Waals surface area (Å²) in [5.74, 6) is 2.56. The van der Waals surface area contributed by atoms with Crippen LogP contribution in [0.25, 0.3) is 5.70 Å². The van der Waals surface area contributed by atoms with Crippen molar-refractivity contribution >= 4 is 33.3 Å². The third-order valence-electron chi connectivity index (χ3n) is 5.52. The fraction of sp³-hybridized carbons (Fsp3) is 0.619. The number of aliphatic imine (C=N–C) groups is 1. The van der Waals surface area contributed by atoms with Crippen molar-refractivity contribution < 1.29 is 0 Å². The number of halogens is 1. The number of nitrogens with zero attached hydrogens (tertiary/aromatic N) is 5. The zero-order chi connectivity index (χ0) is 19.6. The van der Waals surface area contributed by atoms with E-state index in [0.29, 0.717) is 12.0 Å². The number of fused-ring (bicyclic) bond motifs is 1. The predicted octanol–water partition coefficient (Wildman–Crippen LogP) is 4.23. The van der Waals surface area contributed by atoms with Gasteiger partial charge >= 0.3 is 0 Å². The van der Waals surface area contributed by atoms with Crippen LogP contribution in [0.15, 0.2) is 28.3 Å². The molecule has 0 aromatic carbocycles. The topological polar surface area (TPSA) is 35.0 Å². The van der Waals surface area contributed by atoms with Gasteiger partial charge in [0, 0.05) is 54.7 Å². The van der Waals surface area contributed by atoms with Crippen LogP contribution < -0.4 is 0 Å². The summed E-state index contributed by atoms with van der Waals surface area (Å²) in [6.45, 7) is 16.5. The minimum atomic E-state index is 0.305. The monoisotopic (exact) mass is 433 g/mol. The molecule has 0 aliphatic carbocycles. The number of pyridine rings is 1. The zero-order valence-corrected chi connectivity index (χ0v) is 18.7. The van der Waals surface area contributed by atoms with Crippen LogP contribution in [0.1, 0.15) is 39.2 Å². The molecule has 6 heteroatoms. The Morgan fingerprint density at radius 1 is 1.30 bits per heavy atom. The van der Waals surface area contributed by atoms with Crippen molar-refractivity contribution in [3.63, 3.8) is 0 Å². The van der Waals surface area contributed by atoms with E-state index >= 15 is 0 Å². The van der Waals surface area contributed by atoms with Gasteiger partial charge in [0.1, 0.15) is 5.84 Å². The maximum atomic E-state index is 5.05. The van der Waals surface area contributed by atoms with Crippen molar-refractivity contribution in [3.05, 3.63) is 28.9 Å². The third kappa shape index (κ3) is 4.44. The van der Waals surface area contributed by atoms with Crippen molar-refractivity contribution in [2.24, 2.45) is 10.9 Å². The summed E-state index contributed by atoms with van der Waals surface area (Å²) in [6, 6.07) is 2.38. The molecule has 1 saturated heterocycles. The summed E-state index contributed by atoms with van der Waals surface area (Å²) < 4.78 is 0.964. The van der Waals surface area contributed by atoms with Crippen molar-refractivity contribution in [1.29, 1.82) is 0 Å². The molecule has 2 aliphatic heterocycles. The van der Waals surface area contributed by atoms with Crippen molar-refractivity contribution in [2.45, 2.75) is 39.7 Å². The van der Waals surface area contributed by atoms with E-state index in [-0.39, 0.29) is 0 Å². The van der Waals surface area contributed by atoms with Gasteiger partial charge in [-0.15, -0.1) is 0 Å². The van der Waals surface area contributed by atoms with Gasteiger partial charge in [0.15, 0.2) is 5.82 Å². The highest BCUT2D eigenvalue weighted by Gasteiger charge is 2.33. The standard InChI is InChI=1S/C21H32BrN5/c1-6-8-19(26-10-9-25(5)13-15(3)14-26)21-24-20-18(11-17(22)12-23-20)16(4)27(21)7-2/h11-12,15,19H,4,6-10,13-14H2,1-3,5H3/t15-,19+/m1/s1. The lowest BCUT2D eigenvalue weighted by Gasteiger charge is -2.40. The Bertz CT molecular complexity index is 717. The van der Waals surface area contributed by atoms with Crippen LogP contribution in [0.2, 0.25) is 0 Å². The lowest BCUT2D eigenvalue weighted by Crippen LogP contribution is -2.50. The van der Waals surface area contributed by atoms with Gasteiger partial charge in [-0.1, -0.05) is 26.8 Å².